The molecule has 2 fully saturated rings. The van der Waals surface area contributed by atoms with Crippen LogP contribution in [-0.4, -0.2) is 44.2 Å². The average Bonchev–Trinajstić information content (AvgIpc) is 2.96. The van der Waals surface area contributed by atoms with Crippen LogP contribution in [0.3, 0.4) is 0 Å². The number of hydrogen-bond acceptors (Lipinski definition) is 4. The summed E-state index contributed by atoms with van der Waals surface area (Å²) in [7, 11) is 0. The summed E-state index contributed by atoms with van der Waals surface area (Å²) in [5, 5.41) is 18.3. The van der Waals surface area contributed by atoms with Gasteiger partial charge in [-0.05, 0) is 55.8 Å². The van der Waals surface area contributed by atoms with E-state index in [-0.39, 0.29) is 6.10 Å². The zero-order valence-electron chi connectivity index (χ0n) is 15.6. The summed E-state index contributed by atoms with van der Waals surface area (Å²) in [5.74, 6) is 1.62. The molecule has 136 valence electrons. The zero-order chi connectivity index (χ0) is 17.2. The molecule has 1 aliphatic carbocycles. The van der Waals surface area contributed by atoms with Gasteiger partial charge in [-0.3, -0.25) is 9.58 Å². The van der Waals surface area contributed by atoms with Crippen molar-refractivity contribution in [2.45, 2.75) is 78.5 Å². The van der Waals surface area contributed by atoms with Gasteiger partial charge in [0.25, 0.3) is 0 Å². The Morgan fingerprint density at radius 2 is 1.75 bits per heavy atom. The van der Waals surface area contributed by atoms with Crippen LogP contribution in [0.4, 0.5) is 0 Å². The lowest BCUT2D eigenvalue weighted by molar-refractivity contribution is 0.0786. The minimum atomic E-state index is -0.111. The maximum atomic E-state index is 9.59. The Bertz CT molecular complexity index is 506. The number of aliphatic hydroxyl groups is 1. The summed E-state index contributed by atoms with van der Waals surface area (Å²) in [6.07, 6.45) is 9.12. The Balaban J connectivity index is 1.45. The second kappa shape index (κ2) is 7.52. The van der Waals surface area contributed by atoms with E-state index in [1.54, 1.807) is 0 Å². The molecule has 1 aromatic rings. The SMILES string of the molecule is CC(C)(C)C1CCC(Cn2cc(CN3CCC(O)CC3)nn2)CC1. The molecule has 1 saturated heterocycles. The Labute approximate surface area is 146 Å². The third kappa shape index (κ3) is 4.79. The summed E-state index contributed by atoms with van der Waals surface area (Å²) in [5.41, 5.74) is 1.52. The highest BCUT2D eigenvalue weighted by molar-refractivity contribution is 4.93. The van der Waals surface area contributed by atoms with Gasteiger partial charge in [-0.1, -0.05) is 26.0 Å². The summed E-state index contributed by atoms with van der Waals surface area (Å²) < 4.78 is 2.05. The Morgan fingerprint density at radius 3 is 2.38 bits per heavy atom. The fraction of sp³-hybridized carbons (Fsp3) is 0.895. The zero-order valence-corrected chi connectivity index (χ0v) is 15.6. The molecule has 0 unspecified atom stereocenters. The van der Waals surface area contributed by atoms with Crippen molar-refractivity contribution >= 4 is 0 Å². The Kier molecular flexibility index (Phi) is 5.60. The van der Waals surface area contributed by atoms with Crippen molar-refractivity contribution in [3.63, 3.8) is 0 Å². The molecule has 5 heteroatoms. The van der Waals surface area contributed by atoms with E-state index < -0.39 is 0 Å². The smallest absolute Gasteiger partial charge is 0.0967 e. The molecule has 0 spiro atoms. The molecular formula is C19H34N4O. The first-order chi connectivity index (χ1) is 11.4. The van der Waals surface area contributed by atoms with Gasteiger partial charge >= 0.3 is 0 Å². The predicted molar refractivity (Wildman–Crippen MR) is 95.4 cm³/mol. The molecule has 1 aromatic heterocycles. The topological polar surface area (TPSA) is 54.2 Å². The first-order valence-corrected chi connectivity index (χ1v) is 9.69. The summed E-state index contributed by atoms with van der Waals surface area (Å²) >= 11 is 0. The number of nitrogens with zero attached hydrogens (tertiary/aromatic N) is 4. The number of piperidine rings is 1. The number of aliphatic hydroxyl groups excluding tert-OH is 1. The second-order valence-corrected chi connectivity index (χ2v) is 9.02. The summed E-state index contributed by atoms with van der Waals surface area (Å²) in [6.45, 7) is 10.9. The molecule has 0 radical (unpaired) electrons. The minimum Gasteiger partial charge on any atom is -0.393 e. The van der Waals surface area contributed by atoms with Crippen LogP contribution in [0.15, 0.2) is 6.20 Å². The molecule has 1 N–H and O–H groups in total. The molecule has 1 aliphatic heterocycles. The van der Waals surface area contributed by atoms with Crippen LogP contribution < -0.4 is 0 Å². The van der Waals surface area contributed by atoms with Crippen LogP contribution in [-0.2, 0) is 13.1 Å². The van der Waals surface area contributed by atoms with Gasteiger partial charge in [-0.25, -0.2) is 0 Å². The van der Waals surface area contributed by atoms with Crippen molar-refractivity contribution in [1.82, 2.24) is 19.9 Å². The highest BCUT2D eigenvalue weighted by Gasteiger charge is 2.29. The number of aromatic nitrogens is 3. The van der Waals surface area contributed by atoms with Gasteiger partial charge < -0.3 is 5.11 Å². The van der Waals surface area contributed by atoms with E-state index in [0.29, 0.717) is 5.41 Å². The van der Waals surface area contributed by atoms with E-state index >= 15 is 0 Å². The third-order valence-corrected chi connectivity index (χ3v) is 6.05. The molecular weight excluding hydrogens is 300 g/mol. The molecule has 1 saturated carbocycles. The predicted octanol–water partition coefficient (Wildman–Crippen LogP) is 3.09. The average molecular weight is 335 g/mol. The molecule has 0 aromatic carbocycles. The first kappa shape index (κ1) is 17.9. The lowest BCUT2D eigenvalue weighted by Gasteiger charge is -2.36. The van der Waals surface area contributed by atoms with Crippen molar-refractivity contribution in [2.75, 3.05) is 13.1 Å². The molecule has 0 bridgehead atoms. The van der Waals surface area contributed by atoms with Crippen LogP contribution in [0.2, 0.25) is 0 Å². The Morgan fingerprint density at radius 1 is 1.08 bits per heavy atom. The van der Waals surface area contributed by atoms with Crippen LogP contribution in [0.1, 0.15) is 65.0 Å². The molecule has 3 rings (SSSR count). The van der Waals surface area contributed by atoms with Gasteiger partial charge in [-0.2, -0.15) is 0 Å². The molecule has 2 aliphatic rings. The van der Waals surface area contributed by atoms with E-state index in [1.807, 2.05) is 0 Å². The van der Waals surface area contributed by atoms with Gasteiger partial charge in [0.05, 0.1) is 11.8 Å². The van der Waals surface area contributed by atoms with Crippen molar-refractivity contribution in [1.29, 1.82) is 0 Å². The minimum absolute atomic E-state index is 0.111. The van der Waals surface area contributed by atoms with Gasteiger partial charge in [0.2, 0.25) is 0 Å². The fourth-order valence-corrected chi connectivity index (χ4v) is 4.28. The normalized spacial score (nSPS) is 27.5. The first-order valence-electron chi connectivity index (χ1n) is 9.69. The van der Waals surface area contributed by atoms with E-state index in [1.165, 1.54) is 25.7 Å². The van der Waals surface area contributed by atoms with E-state index in [0.717, 1.165) is 56.6 Å². The number of rotatable bonds is 4. The molecule has 2 heterocycles. The third-order valence-electron chi connectivity index (χ3n) is 6.05. The standard InChI is InChI=1S/C19H34N4O/c1-19(2,3)16-6-4-15(5-7-16)12-23-14-17(20-21-23)13-22-10-8-18(24)9-11-22/h14-16,18,24H,4-13H2,1-3H3. The number of likely N-dealkylation sites (tertiary alicyclic amines) is 1. The van der Waals surface area contributed by atoms with Gasteiger partial charge in [0.15, 0.2) is 0 Å². The van der Waals surface area contributed by atoms with Crippen LogP contribution in [0.5, 0.6) is 0 Å². The quantitative estimate of drug-likeness (QED) is 0.919. The lowest BCUT2D eigenvalue weighted by atomic mass is 9.70. The highest BCUT2D eigenvalue weighted by Crippen LogP contribution is 2.40. The van der Waals surface area contributed by atoms with E-state index in [4.69, 9.17) is 0 Å². The molecule has 0 atom stereocenters. The second-order valence-electron chi connectivity index (χ2n) is 9.02. The lowest BCUT2D eigenvalue weighted by Crippen LogP contribution is -2.35. The fourth-order valence-electron chi connectivity index (χ4n) is 4.28. The highest BCUT2D eigenvalue weighted by atomic mass is 16.3. The monoisotopic (exact) mass is 334 g/mol. The van der Waals surface area contributed by atoms with Gasteiger partial charge in [-0.15, -0.1) is 5.10 Å². The molecule has 24 heavy (non-hydrogen) atoms. The van der Waals surface area contributed by atoms with Crippen LogP contribution in [0, 0.1) is 17.3 Å². The van der Waals surface area contributed by atoms with E-state index in [9.17, 15) is 5.11 Å². The van der Waals surface area contributed by atoms with Crippen molar-refractivity contribution < 1.29 is 5.11 Å². The molecule has 5 nitrogen and oxygen atoms in total. The summed E-state index contributed by atoms with van der Waals surface area (Å²) in [6, 6.07) is 0. The van der Waals surface area contributed by atoms with Gasteiger partial charge in [0, 0.05) is 32.4 Å². The Hall–Kier alpha value is -0.940. The van der Waals surface area contributed by atoms with Crippen LogP contribution in [0.25, 0.3) is 0 Å². The summed E-state index contributed by atoms with van der Waals surface area (Å²) in [4.78, 5) is 2.37. The van der Waals surface area contributed by atoms with Crippen molar-refractivity contribution in [2.24, 2.45) is 17.3 Å². The van der Waals surface area contributed by atoms with Gasteiger partial charge in [0.1, 0.15) is 0 Å². The maximum absolute atomic E-state index is 9.59. The molecule has 0 amide bonds. The van der Waals surface area contributed by atoms with E-state index in [2.05, 4.69) is 46.9 Å². The maximum Gasteiger partial charge on any atom is 0.0967 e. The van der Waals surface area contributed by atoms with Crippen molar-refractivity contribution in [3.05, 3.63) is 11.9 Å². The largest absolute Gasteiger partial charge is 0.393 e. The van der Waals surface area contributed by atoms with Crippen LogP contribution >= 0.6 is 0 Å². The van der Waals surface area contributed by atoms with Crippen molar-refractivity contribution in [3.8, 4) is 0 Å². The number of hydrogen-bond donors (Lipinski definition) is 1.